The van der Waals surface area contributed by atoms with Crippen molar-refractivity contribution < 1.29 is 4.79 Å². The third-order valence-electron chi connectivity index (χ3n) is 7.61. The van der Waals surface area contributed by atoms with Gasteiger partial charge in [0.15, 0.2) is 5.78 Å². The van der Waals surface area contributed by atoms with Crippen LogP contribution in [-0.4, -0.2) is 5.78 Å². The third-order valence-corrected chi connectivity index (χ3v) is 8.55. The number of halogens is 2. The molecule has 4 rings (SSSR count). The molecule has 3 saturated carbocycles. The number of rotatable bonds is 0. The lowest BCUT2D eigenvalue weighted by atomic mass is 9.52. The molecule has 126 valence electrons. The molecule has 4 aliphatic rings. The van der Waals surface area contributed by atoms with Crippen LogP contribution < -0.4 is 0 Å². The van der Waals surface area contributed by atoms with Crippen LogP contribution in [0.4, 0.5) is 0 Å². The zero-order valence-electron chi connectivity index (χ0n) is 14.1. The van der Waals surface area contributed by atoms with E-state index in [0.717, 1.165) is 30.6 Å². The molecule has 0 aromatic rings. The fourth-order valence-electron chi connectivity index (χ4n) is 6.61. The number of Topliss-reactive ketones (excluding diaryl/α,β-unsaturated/α-hetero) is 1. The Labute approximate surface area is 153 Å². The van der Waals surface area contributed by atoms with Crippen molar-refractivity contribution in [3.05, 3.63) is 20.7 Å². The molecule has 0 aromatic heterocycles. The van der Waals surface area contributed by atoms with Crippen LogP contribution in [-0.2, 0) is 4.79 Å². The zero-order valence-corrected chi connectivity index (χ0v) is 16.5. The summed E-state index contributed by atoms with van der Waals surface area (Å²) in [5.74, 6) is 3.24. The van der Waals surface area contributed by atoms with Crippen molar-refractivity contribution in [3.8, 4) is 0 Å². The van der Waals surface area contributed by atoms with Crippen molar-refractivity contribution in [1.82, 2.24) is 0 Å². The van der Waals surface area contributed by atoms with Crippen LogP contribution in [0.1, 0.15) is 65.2 Å². The van der Waals surface area contributed by atoms with Gasteiger partial charge in [0.2, 0.25) is 0 Å². The predicted molar refractivity (Wildman–Crippen MR) is 98.5 cm³/mol. The van der Waals surface area contributed by atoms with Crippen LogP contribution in [0.15, 0.2) is 20.7 Å². The standard InChI is InChI=1S/C20H26BrClO/c1-11(21)16-6-7-17-14-3-4-15-12(5-8-18(23)19(15)22)13(14)9-10-20(16,17)2/h12-14,17H,3-10H2,1-2H3/t12-,13-,14-,17+,20-/m1/s1. The lowest BCUT2D eigenvalue weighted by molar-refractivity contribution is -0.116. The van der Waals surface area contributed by atoms with Crippen LogP contribution in [0.3, 0.4) is 0 Å². The maximum atomic E-state index is 12.0. The van der Waals surface area contributed by atoms with Gasteiger partial charge in [-0.15, -0.1) is 0 Å². The number of allylic oxidation sites excluding steroid dienone is 3. The van der Waals surface area contributed by atoms with Crippen LogP contribution >= 0.6 is 27.5 Å². The molecular weight excluding hydrogens is 372 g/mol. The van der Waals surface area contributed by atoms with E-state index in [1.54, 1.807) is 5.57 Å². The lowest BCUT2D eigenvalue weighted by Gasteiger charge is -2.53. The summed E-state index contributed by atoms with van der Waals surface area (Å²) in [6, 6.07) is 0. The molecule has 3 fully saturated rings. The number of hydrogen-bond donors (Lipinski definition) is 0. The summed E-state index contributed by atoms with van der Waals surface area (Å²) >= 11 is 10.2. The Hall–Kier alpha value is -0.0800. The fraction of sp³-hybridized carbons (Fsp3) is 0.750. The normalized spacial score (nSPS) is 45.5. The molecule has 0 unspecified atom stereocenters. The highest BCUT2D eigenvalue weighted by atomic mass is 79.9. The largest absolute Gasteiger partial charge is 0.293 e. The third kappa shape index (κ3) is 2.34. The smallest absolute Gasteiger partial charge is 0.174 e. The molecule has 0 radical (unpaired) electrons. The van der Waals surface area contributed by atoms with Crippen molar-refractivity contribution >= 4 is 33.3 Å². The molecule has 4 aliphatic carbocycles. The molecule has 0 bridgehead atoms. The molecule has 5 atom stereocenters. The van der Waals surface area contributed by atoms with E-state index < -0.39 is 0 Å². The Balaban J connectivity index is 1.67. The monoisotopic (exact) mass is 396 g/mol. The number of hydrogen-bond acceptors (Lipinski definition) is 1. The average Bonchev–Trinajstić information content (AvgIpc) is 2.88. The molecule has 3 heteroatoms. The zero-order chi connectivity index (χ0) is 16.4. The Morgan fingerprint density at radius 3 is 2.65 bits per heavy atom. The maximum Gasteiger partial charge on any atom is 0.174 e. The molecule has 0 heterocycles. The van der Waals surface area contributed by atoms with Gasteiger partial charge in [-0.25, -0.2) is 0 Å². The van der Waals surface area contributed by atoms with Gasteiger partial charge in [-0.2, -0.15) is 0 Å². The Bertz CT molecular complexity index is 615. The maximum absolute atomic E-state index is 12.0. The van der Waals surface area contributed by atoms with E-state index in [2.05, 4.69) is 29.8 Å². The van der Waals surface area contributed by atoms with Crippen molar-refractivity contribution in [3.63, 3.8) is 0 Å². The first kappa shape index (κ1) is 16.4. The minimum Gasteiger partial charge on any atom is -0.293 e. The van der Waals surface area contributed by atoms with Gasteiger partial charge in [-0.1, -0.05) is 40.0 Å². The van der Waals surface area contributed by atoms with Gasteiger partial charge >= 0.3 is 0 Å². The molecule has 0 aromatic carbocycles. The summed E-state index contributed by atoms with van der Waals surface area (Å²) in [5.41, 5.74) is 3.40. The molecule has 0 amide bonds. The predicted octanol–water partition coefficient (Wildman–Crippen LogP) is 6.36. The Morgan fingerprint density at radius 2 is 1.91 bits per heavy atom. The second kappa shape index (κ2) is 5.73. The molecule has 1 nitrogen and oxygen atoms in total. The second-order valence-electron chi connectivity index (χ2n) is 8.39. The van der Waals surface area contributed by atoms with Crippen molar-refractivity contribution in [2.45, 2.75) is 65.2 Å². The first-order chi connectivity index (χ1) is 10.9. The van der Waals surface area contributed by atoms with Gasteiger partial charge in [-0.3, -0.25) is 4.79 Å². The van der Waals surface area contributed by atoms with Gasteiger partial charge in [-0.05, 0) is 91.0 Å². The summed E-state index contributed by atoms with van der Waals surface area (Å²) in [5, 5.41) is 0.608. The number of carbonyl (C=O) groups is 1. The SMILES string of the molecule is CC(Br)=C1CC[C@H]2[C@@H]3CCC4=C(Cl)C(=O)CC[C@@H]4[C@H]3CC[C@]12C. The highest BCUT2D eigenvalue weighted by Gasteiger charge is 2.55. The van der Waals surface area contributed by atoms with Crippen LogP contribution in [0.25, 0.3) is 0 Å². The van der Waals surface area contributed by atoms with Gasteiger partial charge < -0.3 is 0 Å². The van der Waals surface area contributed by atoms with Crippen LogP contribution in [0, 0.1) is 29.1 Å². The van der Waals surface area contributed by atoms with E-state index in [1.165, 1.54) is 42.2 Å². The molecule has 0 N–H and O–H groups in total. The Kier molecular flexibility index (Phi) is 4.08. The van der Waals surface area contributed by atoms with E-state index in [0.29, 0.717) is 22.8 Å². The van der Waals surface area contributed by atoms with Crippen molar-refractivity contribution in [1.29, 1.82) is 0 Å². The van der Waals surface area contributed by atoms with Gasteiger partial charge in [0, 0.05) is 6.42 Å². The average molecular weight is 398 g/mol. The fourth-order valence-corrected chi connectivity index (χ4v) is 7.59. The summed E-state index contributed by atoms with van der Waals surface area (Å²) in [4.78, 5) is 12.0. The highest BCUT2D eigenvalue weighted by Crippen LogP contribution is 2.64. The summed E-state index contributed by atoms with van der Waals surface area (Å²) in [7, 11) is 0. The van der Waals surface area contributed by atoms with E-state index in [-0.39, 0.29) is 5.78 Å². The van der Waals surface area contributed by atoms with E-state index in [4.69, 9.17) is 11.6 Å². The number of carbonyl (C=O) groups excluding carboxylic acids is 1. The number of fused-ring (bicyclic) bond motifs is 5. The van der Waals surface area contributed by atoms with E-state index >= 15 is 0 Å². The molecule has 0 saturated heterocycles. The first-order valence-electron chi connectivity index (χ1n) is 9.21. The molecule has 0 spiro atoms. The minimum atomic E-state index is 0.193. The topological polar surface area (TPSA) is 17.1 Å². The van der Waals surface area contributed by atoms with Crippen molar-refractivity contribution in [2.75, 3.05) is 0 Å². The van der Waals surface area contributed by atoms with Gasteiger partial charge in [0.1, 0.15) is 0 Å². The van der Waals surface area contributed by atoms with E-state index in [1.807, 2.05) is 0 Å². The van der Waals surface area contributed by atoms with Crippen LogP contribution in [0.2, 0.25) is 0 Å². The summed E-state index contributed by atoms with van der Waals surface area (Å²) in [6.07, 6.45) is 9.28. The van der Waals surface area contributed by atoms with Gasteiger partial charge in [0.25, 0.3) is 0 Å². The van der Waals surface area contributed by atoms with Crippen molar-refractivity contribution in [2.24, 2.45) is 29.1 Å². The summed E-state index contributed by atoms with van der Waals surface area (Å²) < 4.78 is 1.38. The molecule has 23 heavy (non-hydrogen) atoms. The quantitative estimate of drug-likeness (QED) is 0.464. The van der Waals surface area contributed by atoms with Crippen LogP contribution in [0.5, 0.6) is 0 Å². The summed E-state index contributed by atoms with van der Waals surface area (Å²) in [6.45, 7) is 4.74. The van der Waals surface area contributed by atoms with Gasteiger partial charge in [0.05, 0.1) is 5.03 Å². The first-order valence-corrected chi connectivity index (χ1v) is 10.4. The highest BCUT2D eigenvalue weighted by molar-refractivity contribution is 9.11. The van der Waals surface area contributed by atoms with E-state index in [9.17, 15) is 4.79 Å². The second-order valence-corrected chi connectivity index (χ2v) is 9.95. The lowest BCUT2D eigenvalue weighted by Crippen LogP contribution is -2.45. The minimum absolute atomic E-state index is 0.193. The Morgan fingerprint density at radius 1 is 1.13 bits per heavy atom. The molecule has 0 aliphatic heterocycles. The number of ketones is 1. The molecular formula is C20H26BrClO.